The number of carboxylic acid groups (broad SMARTS) is 1. The van der Waals surface area contributed by atoms with Crippen molar-refractivity contribution in [3.8, 4) is 18.1 Å². The second kappa shape index (κ2) is 7.41. The van der Waals surface area contributed by atoms with Crippen LogP contribution in [0.3, 0.4) is 0 Å². The third-order valence-electron chi connectivity index (χ3n) is 2.62. The monoisotopic (exact) mass is 310 g/mol. The van der Waals surface area contributed by atoms with Crippen LogP contribution in [0.4, 0.5) is 10.5 Å². The van der Waals surface area contributed by atoms with Crippen molar-refractivity contribution in [3.05, 3.63) is 22.7 Å². The Morgan fingerprint density at radius 1 is 1.52 bits per heavy atom. The highest BCUT2D eigenvalue weighted by molar-refractivity contribution is 6.31. The number of aliphatic carboxylic acids is 1. The molecule has 0 bridgehead atoms. The number of aryl methyl sites for hydroxylation is 1. The van der Waals surface area contributed by atoms with E-state index in [1.54, 1.807) is 19.1 Å². The van der Waals surface area contributed by atoms with Gasteiger partial charge in [0.25, 0.3) is 0 Å². The van der Waals surface area contributed by atoms with E-state index in [-0.39, 0.29) is 6.54 Å². The number of halogens is 1. The van der Waals surface area contributed by atoms with Crippen LogP contribution in [0.5, 0.6) is 5.75 Å². The average Bonchev–Trinajstić information content (AvgIpc) is 2.41. The molecule has 0 radical (unpaired) electrons. The molecule has 6 nitrogen and oxygen atoms in total. The van der Waals surface area contributed by atoms with Gasteiger partial charge in [-0.05, 0) is 18.6 Å². The van der Waals surface area contributed by atoms with Crippen LogP contribution in [-0.4, -0.2) is 42.2 Å². The summed E-state index contributed by atoms with van der Waals surface area (Å²) in [4.78, 5) is 23.8. The van der Waals surface area contributed by atoms with Crippen molar-refractivity contribution >= 4 is 29.3 Å². The standard InChI is InChI=1S/C14H15ClN2O4/c1-4-5-17(8-13(18)19)14(20)16-11-6-9(2)10(15)7-12(11)21-3/h1,6-7H,5,8H2,2-3H3,(H,16,20)(H,18,19). The van der Waals surface area contributed by atoms with Gasteiger partial charge in [-0.25, -0.2) is 4.79 Å². The Bertz CT molecular complexity index is 595. The van der Waals surface area contributed by atoms with Crippen molar-refractivity contribution in [2.75, 3.05) is 25.5 Å². The number of methoxy groups -OCH3 is 1. The molecule has 0 saturated carbocycles. The number of terminal acetylenes is 1. The molecule has 0 aliphatic carbocycles. The summed E-state index contributed by atoms with van der Waals surface area (Å²) in [6.07, 6.45) is 5.13. The molecule has 0 aliphatic heterocycles. The van der Waals surface area contributed by atoms with Gasteiger partial charge >= 0.3 is 12.0 Å². The van der Waals surface area contributed by atoms with Crippen molar-refractivity contribution in [3.63, 3.8) is 0 Å². The molecule has 21 heavy (non-hydrogen) atoms. The highest BCUT2D eigenvalue weighted by Gasteiger charge is 2.18. The molecule has 112 valence electrons. The number of ether oxygens (including phenoxy) is 1. The van der Waals surface area contributed by atoms with Crippen LogP contribution in [-0.2, 0) is 4.79 Å². The summed E-state index contributed by atoms with van der Waals surface area (Å²) >= 11 is 5.97. The predicted molar refractivity (Wildman–Crippen MR) is 79.8 cm³/mol. The summed E-state index contributed by atoms with van der Waals surface area (Å²) in [6.45, 7) is 1.16. The Labute approximate surface area is 127 Å². The molecule has 0 saturated heterocycles. The molecule has 0 heterocycles. The maximum Gasteiger partial charge on any atom is 0.323 e. The molecule has 0 spiro atoms. The van der Waals surface area contributed by atoms with Crippen molar-refractivity contribution in [2.45, 2.75) is 6.92 Å². The number of anilines is 1. The van der Waals surface area contributed by atoms with E-state index < -0.39 is 18.5 Å². The van der Waals surface area contributed by atoms with E-state index in [4.69, 9.17) is 27.9 Å². The first-order valence-electron chi connectivity index (χ1n) is 5.94. The molecule has 1 aromatic rings. The lowest BCUT2D eigenvalue weighted by atomic mass is 10.2. The first-order chi connectivity index (χ1) is 9.88. The normalized spacial score (nSPS) is 9.62. The highest BCUT2D eigenvalue weighted by Crippen LogP contribution is 2.31. The molecule has 2 amide bonds. The Morgan fingerprint density at radius 3 is 2.71 bits per heavy atom. The van der Waals surface area contributed by atoms with E-state index in [1.807, 2.05) is 0 Å². The van der Waals surface area contributed by atoms with Gasteiger partial charge in [-0.2, -0.15) is 0 Å². The summed E-state index contributed by atoms with van der Waals surface area (Å²) in [7, 11) is 1.44. The number of carbonyl (C=O) groups is 2. The lowest BCUT2D eigenvalue weighted by Gasteiger charge is -2.20. The number of amides is 2. The highest BCUT2D eigenvalue weighted by atomic mass is 35.5. The molecular weight excluding hydrogens is 296 g/mol. The quantitative estimate of drug-likeness (QED) is 0.817. The van der Waals surface area contributed by atoms with Crippen LogP contribution in [0.1, 0.15) is 5.56 Å². The fourth-order valence-electron chi connectivity index (χ4n) is 1.60. The zero-order valence-electron chi connectivity index (χ0n) is 11.6. The fourth-order valence-corrected chi connectivity index (χ4v) is 1.75. The van der Waals surface area contributed by atoms with E-state index >= 15 is 0 Å². The van der Waals surface area contributed by atoms with Gasteiger partial charge in [0, 0.05) is 11.1 Å². The zero-order valence-corrected chi connectivity index (χ0v) is 12.4. The van der Waals surface area contributed by atoms with Crippen LogP contribution in [0, 0.1) is 19.3 Å². The number of carbonyl (C=O) groups excluding carboxylic acids is 1. The predicted octanol–water partition coefficient (Wildman–Crippen LogP) is 2.21. The second-order valence-corrected chi connectivity index (χ2v) is 4.59. The maximum absolute atomic E-state index is 12.1. The van der Waals surface area contributed by atoms with Crippen LogP contribution < -0.4 is 10.1 Å². The minimum absolute atomic E-state index is 0.118. The minimum atomic E-state index is -1.15. The van der Waals surface area contributed by atoms with Gasteiger partial charge in [-0.3, -0.25) is 4.79 Å². The summed E-state index contributed by atoms with van der Waals surface area (Å²) < 4.78 is 5.13. The first-order valence-corrected chi connectivity index (χ1v) is 6.32. The number of benzene rings is 1. The van der Waals surface area contributed by atoms with Crippen molar-refractivity contribution in [2.24, 2.45) is 0 Å². The minimum Gasteiger partial charge on any atom is -0.495 e. The SMILES string of the molecule is C#CCN(CC(=O)O)C(=O)Nc1cc(C)c(Cl)cc1OC. The third kappa shape index (κ3) is 4.58. The van der Waals surface area contributed by atoms with Gasteiger partial charge in [0.2, 0.25) is 0 Å². The van der Waals surface area contributed by atoms with Crippen LogP contribution in [0.2, 0.25) is 5.02 Å². The number of hydrogen-bond acceptors (Lipinski definition) is 3. The summed E-state index contributed by atoms with van der Waals surface area (Å²) in [5.74, 6) is 1.46. The number of carboxylic acids is 1. The summed E-state index contributed by atoms with van der Waals surface area (Å²) in [5.41, 5.74) is 1.13. The lowest BCUT2D eigenvalue weighted by molar-refractivity contribution is -0.137. The van der Waals surface area contributed by atoms with Crippen LogP contribution in [0.25, 0.3) is 0 Å². The van der Waals surface area contributed by atoms with Crippen molar-refractivity contribution in [1.29, 1.82) is 0 Å². The van der Waals surface area contributed by atoms with E-state index in [1.165, 1.54) is 7.11 Å². The van der Waals surface area contributed by atoms with Gasteiger partial charge in [0.05, 0.1) is 19.3 Å². The van der Waals surface area contributed by atoms with E-state index in [0.29, 0.717) is 16.5 Å². The average molecular weight is 311 g/mol. The van der Waals surface area contributed by atoms with Gasteiger partial charge < -0.3 is 20.1 Å². The van der Waals surface area contributed by atoms with Gasteiger partial charge in [-0.1, -0.05) is 17.5 Å². The number of urea groups is 1. The zero-order chi connectivity index (χ0) is 16.0. The van der Waals surface area contributed by atoms with E-state index in [9.17, 15) is 9.59 Å². The molecule has 0 fully saturated rings. The fraction of sp³-hybridized carbons (Fsp3) is 0.286. The van der Waals surface area contributed by atoms with Gasteiger partial charge in [0.15, 0.2) is 0 Å². The van der Waals surface area contributed by atoms with Crippen molar-refractivity contribution < 1.29 is 19.4 Å². The summed E-state index contributed by atoms with van der Waals surface area (Å²) in [6, 6.07) is 2.57. The number of rotatable bonds is 5. The molecule has 2 N–H and O–H groups in total. The molecule has 0 unspecified atom stereocenters. The number of nitrogens with one attached hydrogen (secondary N) is 1. The molecule has 1 rings (SSSR count). The van der Waals surface area contributed by atoms with Gasteiger partial charge in [0.1, 0.15) is 12.3 Å². The molecule has 7 heteroatoms. The van der Waals surface area contributed by atoms with Crippen LogP contribution >= 0.6 is 11.6 Å². The Hall–Kier alpha value is -2.39. The molecule has 0 aliphatic rings. The summed E-state index contributed by atoms with van der Waals surface area (Å²) in [5, 5.41) is 11.8. The Morgan fingerprint density at radius 2 is 2.19 bits per heavy atom. The molecule has 0 atom stereocenters. The Kier molecular flexibility index (Phi) is 5.88. The molecular formula is C14H15ClN2O4. The lowest BCUT2D eigenvalue weighted by Crippen LogP contribution is -2.39. The topological polar surface area (TPSA) is 78.9 Å². The third-order valence-corrected chi connectivity index (χ3v) is 3.03. The van der Waals surface area contributed by atoms with Gasteiger partial charge in [-0.15, -0.1) is 6.42 Å². The number of hydrogen-bond donors (Lipinski definition) is 2. The number of nitrogens with zero attached hydrogens (tertiary/aromatic N) is 1. The Balaban J connectivity index is 2.98. The van der Waals surface area contributed by atoms with E-state index in [0.717, 1.165) is 10.5 Å². The molecule has 0 aromatic heterocycles. The van der Waals surface area contributed by atoms with E-state index in [2.05, 4.69) is 11.2 Å². The van der Waals surface area contributed by atoms with Crippen LogP contribution in [0.15, 0.2) is 12.1 Å². The molecule has 1 aromatic carbocycles. The smallest absolute Gasteiger partial charge is 0.323 e. The largest absolute Gasteiger partial charge is 0.495 e. The van der Waals surface area contributed by atoms with Crippen molar-refractivity contribution in [1.82, 2.24) is 4.90 Å². The second-order valence-electron chi connectivity index (χ2n) is 4.19. The maximum atomic E-state index is 12.1. The first kappa shape index (κ1) is 16.7.